The van der Waals surface area contributed by atoms with Crippen LogP contribution in [-0.4, -0.2) is 9.55 Å². The van der Waals surface area contributed by atoms with E-state index in [2.05, 4.69) is 99.8 Å². The van der Waals surface area contributed by atoms with E-state index < -0.39 is 0 Å². The van der Waals surface area contributed by atoms with E-state index in [1.807, 2.05) is 31.7 Å². The Morgan fingerprint density at radius 1 is 0.886 bits per heavy atom. The molecule has 4 heteroatoms. The first-order valence-electron chi connectivity index (χ1n) is 12.0. The monoisotopic (exact) mass is 456 g/mol. The summed E-state index contributed by atoms with van der Waals surface area (Å²) in [5, 5.41) is 15.9. The summed E-state index contributed by atoms with van der Waals surface area (Å²) in [6.45, 7) is 0.702. The highest BCUT2D eigenvalue weighted by atomic mass is 15.1. The van der Waals surface area contributed by atoms with Gasteiger partial charge in [-0.2, -0.15) is 5.26 Å². The molecule has 0 radical (unpaired) electrons. The lowest BCUT2D eigenvalue weighted by atomic mass is 9.93. The van der Waals surface area contributed by atoms with Gasteiger partial charge in [0.15, 0.2) is 0 Å². The van der Waals surface area contributed by atoms with Crippen LogP contribution in [0.25, 0.3) is 21.9 Å². The molecule has 35 heavy (non-hydrogen) atoms. The Balaban J connectivity index is 1.41. The van der Waals surface area contributed by atoms with Gasteiger partial charge in [0, 0.05) is 31.4 Å². The molecule has 0 aliphatic heterocycles. The molecule has 0 amide bonds. The lowest BCUT2D eigenvalue weighted by Crippen LogP contribution is -2.23. The number of nitrogens with zero attached hydrogens (tertiary/aromatic N) is 3. The molecule has 1 aromatic heterocycles. The van der Waals surface area contributed by atoms with Crippen LogP contribution in [0.5, 0.6) is 0 Å². The van der Waals surface area contributed by atoms with Crippen molar-refractivity contribution < 1.29 is 0 Å². The zero-order valence-electron chi connectivity index (χ0n) is 19.9. The van der Waals surface area contributed by atoms with Gasteiger partial charge in [-0.1, -0.05) is 78.9 Å². The van der Waals surface area contributed by atoms with Crippen LogP contribution >= 0.6 is 0 Å². The van der Waals surface area contributed by atoms with Crippen LogP contribution in [0.15, 0.2) is 104 Å². The molecule has 4 nitrogen and oxygen atoms in total. The smallest absolute Gasteiger partial charge is 0.0998 e. The lowest BCUT2D eigenvalue weighted by Gasteiger charge is -2.20. The second kappa shape index (κ2) is 10.4. The van der Waals surface area contributed by atoms with Gasteiger partial charge in [-0.25, -0.2) is 4.98 Å². The minimum Gasteiger partial charge on any atom is -0.336 e. The van der Waals surface area contributed by atoms with Crippen LogP contribution in [-0.2, 0) is 20.0 Å². The van der Waals surface area contributed by atoms with Crippen molar-refractivity contribution >= 4 is 10.8 Å². The highest BCUT2D eigenvalue weighted by Gasteiger charge is 2.16. The summed E-state index contributed by atoms with van der Waals surface area (Å²) < 4.78 is 2.09. The van der Waals surface area contributed by atoms with Gasteiger partial charge in [0.1, 0.15) is 0 Å². The molecule has 0 spiro atoms. The first-order valence-corrected chi connectivity index (χ1v) is 12.0. The number of benzene rings is 4. The van der Waals surface area contributed by atoms with Crippen LogP contribution in [0.4, 0.5) is 0 Å². The standard InChI is InChI=1S/C31H28N4/c1-35-22-33-21-31(35)30(17-15-23-8-3-2-4-9-23)34-20-24-14-16-26(19-32)29(18-24)28-13-7-11-25-10-5-6-12-27(25)28/h2-14,16,18,21-22,30,34H,15,17,20H2,1H3. The average Bonchev–Trinajstić information content (AvgIpc) is 3.34. The van der Waals surface area contributed by atoms with Crippen LogP contribution in [0.2, 0.25) is 0 Å². The minimum absolute atomic E-state index is 0.166. The van der Waals surface area contributed by atoms with Crippen molar-refractivity contribution in [1.29, 1.82) is 5.26 Å². The van der Waals surface area contributed by atoms with Gasteiger partial charge in [-0.15, -0.1) is 0 Å². The van der Waals surface area contributed by atoms with Gasteiger partial charge in [0.25, 0.3) is 0 Å². The third kappa shape index (κ3) is 5.01. The molecule has 0 saturated carbocycles. The topological polar surface area (TPSA) is 53.6 Å². The summed E-state index contributed by atoms with van der Waals surface area (Å²) in [6.07, 6.45) is 5.75. The van der Waals surface area contributed by atoms with Gasteiger partial charge in [-0.3, -0.25) is 0 Å². The maximum absolute atomic E-state index is 9.82. The van der Waals surface area contributed by atoms with Crippen molar-refractivity contribution in [2.75, 3.05) is 0 Å². The highest BCUT2D eigenvalue weighted by Crippen LogP contribution is 2.32. The molecule has 1 N–H and O–H groups in total. The summed E-state index contributed by atoms with van der Waals surface area (Å²) in [5.41, 5.74) is 6.41. The maximum atomic E-state index is 9.82. The Morgan fingerprint density at radius 3 is 2.49 bits per heavy atom. The number of fused-ring (bicyclic) bond motifs is 1. The van der Waals surface area contributed by atoms with Gasteiger partial charge in [0.05, 0.1) is 23.7 Å². The van der Waals surface area contributed by atoms with E-state index in [0.29, 0.717) is 12.1 Å². The first kappa shape index (κ1) is 22.6. The Kier molecular flexibility index (Phi) is 6.70. The molecule has 0 fully saturated rings. The van der Waals surface area contributed by atoms with E-state index in [-0.39, 0.29) is 6.04 Å². The number of hydrogen-bond acceptors (Lipinski definition) is 3. The van der Waals surface area contributed by atoms with E-state index in [4.69, 9.17) is 0 Å². The predicted molar refractivity (Wildman–Crippen MR) is 142 cm³/mol. The summed E-state index contributed by atoms with van der Waals surface area (Å²) in [6, 6.07) is 33.9. The van der Waals surface area contributed by atoms with Gasteiger partial charge >= 0.3 is 0 Å². The van der Waals surface area contributed by atoms with E-state index in [9.17, 15) is 5.26 Å². The fourth-order valence-corrected chi connectivity index (χ4v) is 4.74. The average molecular weight is 457 g/mol. The Morgan fingerprint density at radius 2 is 1.69 bits per heavy atom. The van der Waals surface area contributed by atoms with Gasteiger partial charge in [0.2, 0.25) is 0 Å². The van der Waals surface area contributed by atoms with E-state index >= 15 is 0 Å². The first-order chi connectivity index (χ1) is 17.2. The Bertz CT molecular complexity index is 1470. The number of aryl methyl sites for hydroxylation is 2. The number of imidazole rings is 1. The third-order valence-corrected chi connectivity index (χ3v) is 6.61. The van der Waals surface area contributed by atoms with E-state index in [0.717, 1.165) is 34.9 Å². The molecule has 4 aromatic carbocycles. The molecule has 0 saturated heterocycles. The van der Waals surface area contributed by atoms with Crippen molar-refractivity contribution in [3.05, 3.63) is 126 Å². The molecule has 1 heterocycles. The molecule has 0 aliphatic rings. The maximum Gasteiger partial charge on any atom is 0.0998 e. The van der Waals surface area contributed by atoms with Crippen molar-refractivity contribution in [3.8, 4) is 17.2 Å². The molecule has 0 aliphatic carbocycles. The van der Waals surface area contributed by atoms with Crippen LogP contribution < -0.4 is 5.32 Å². The lowest BCUT2D eigenvalue weighted by molar-refractivity contribution is 0.476. The van der Waals surface area contributed by atoms with Crippen molar-refractivity contribution in [3.63, 3.8) is 0 Å². The minimum atomic E-state index is 0.166. The van der Waals surface area contributed by atoms with Crippen molar-refractivity contribution in [1.82, 2.24) is 14.9 Å². The zero-order chi connectivity index (χ0) is 24.0. The Hall–Kier alpha value is -4.20. The Labute approximate surface area is 206 Å². The van der Waals surface area contributed by atoms with Gasteiger partial charge in [-0.05, 0) is 52.4 Å². The fraction of sp³-hybridized carbons (Fsp3) is 0.161. The second-order valence-electron chi connectivity index (χ2n) is 8.91. The number of rotatable bonds is 8. The summed E-state index contributed by atoms with van der Waals surface area (Å²) in [4.78, 5) is 4.34. The summed E-state index contributed by atoms with van der Waals surface area (Å²) in [5.74, 6) is 0. The van der Waals surface area contributed by atoms with Crippen molar-refractivity contribution in [2.24, 2.45) is 7.05 Å². The van der Waals surface area contributed by atoms with Crippen LogP contribution in [0, 0.1) is 11.3 Å². The normalized spacial score (nSPS) is 11.9. The molecule has 1 atom stereocenters. The fourth-order valence-electron chi connectivity index (χ4n) is 4.74. The van der Waals surface area contributed by atoms with E-state index in [1.165, 1.54) is 16.6 Å². The highest BCUT2D eigenvalue weighted by molar-refractivity contribution is 5.97. The zero-order valence-corrected chi connectivity index (χ0v) is 19.9. The summed E-state index contributed by atoms with van der Waals surface area (Å²) in [7, 11) is 2.04. The van der Waals surface area contributed by atoms with Gasteiger partial charge < -0.3 is 9.88 Å². The largest absolute Gasteiger partial charge is 0.336 e. The molecule has 1 unspecified atom stereocenters. The SMILES string of the molecule is Cn1cncc1C(CCc1ccccc1)NCc1ccc(C#N)c(-c2cccc3ccccc23)c1. The molecule has 0 bridgehead atoms. The molecular weight excluding hydrogens is 428 g/mol. The predicted octanol–water partition coefficient (Wildman–Crippen LogP) is 6.58. The molecular formula is C31H28N4. The van der Waals surface area contributed by atoms with Crippen LogP contribution in [0.1, 0.15) is 34.8 Å². The third-order valence-electron chi connectivity index (χ3n) is 6.61. The number of aromatic nitrogens is 2. The van der Waals surface area contributed by atoms with Crippen LogP contribution in [0.3, 0.4) is 0 Å². The van der Waals surface area contributed by atoms with E-state index in [1.54, 1.807) is 0 Å². The molecule has 172 valence electrons. The number of nitrogens with one attached hydrogen (secondary N) is 1. The quantitative estimate of drug-likeness (QED) is 0.287. The number of hydrogen-bond donors (Lipinski definition) is 1. The molecule has 5 rings (SSSR count). The second-order valence-corrected chi connectivity index (χ2v) is 8.91. The number of nitriles is 1. The van der Waals surface area contributed by atoms with Crippen molar-refractivity contribution in [2.45, 2.75) is 25.4 Å². The summed E-state index contributed by atoms with van der Waals surface area (Å²) >= 11 is 0. The molecule has 5 aromatic rings.